The van der Waals surface area contributed by atoms with E-state index in [4.69, 9.17) is 0 Å². The number of rotatable bonds is 5. The number of carbonyl (C=O) groups excluding carboxylic acids is 1. The van der Waals surface area contributed by atoms with Gasteiger partial charge in [-0.2, -0.15) is 5.10 Å². The molecule has 0 bridgehead atoms. The summed E-state index contributed by atoms with van der Waals surface area (Å²) < 4.78 is 54.2. The normalized spacial score (nSPS) is 19.8. The van der Waals surface area contributed by atoms with Gasteiger partial charge in [-0.15, -0.1) is 13.2 Å². The summed E-state index contributed by atoms with van der Waals surface area (Å²) in [5.41, 5.74) is 0.226. The Hall–Kier alpha value is -2.89. The van der Waals surface area contributed by atoms with Crippen LogP contribution in [-0.2, 0) is 6.54 Å². The van der Waals surface area contributed by atoms with Crippen LogP contribution >= 0.6 is 0 Å². The van der Waals surface area contributed by atoms with E-state index in [0.717, 1.165) is 18.3 Å². The highest BCUT2D eigenvalue weighted by Gasteiger charge is 2.37. The summed E-state index contributed by atoms with van der Waals surface area (Å²) in [4.78, 5) is 20.2. The Kier molecular flexibility index (Phi) is 5.50. The molecule has 2 fully saturated rings. The summed E-state index contributed by atoms with van der Waals surface area (Å²) in [5, 5.41) is 9.79. The lowest BCUT2D eigenvalue weighted by Crippen LogP contribution is -2.62. The van der Waals surface area contributed by atoms with Crippen molar-refractivity contribution in [2.45, 2.75) is 31.3 Å². The van der Waals surface area contributed by atoms with Crippen molar-refractivity contribution in [1.29, 1.82) is 0 Å². The number of hydrogen-bond donors (Lipinski definition) is 2. The molecule has 3 heterocycles. The summed E-state index contributed by atoms with van der Waals surface area (Å²) in [7, 11) is 0. The minimum atomic E-state index is -4.86. The molecule has 2 aliphatic rings. The molecular formula is C18H20F4N6O2. The van der Waals surface area contributed by atoms with Crippen LogP contribution in [0.2, 0.25) is 0 Å². The van der Waals surface area contributed by atoms with Gasteiger partial charge in [0.15, 0.2) is 0 Å². The van der Waals surface area contributed by atoms with Crippen molar-refractivity contribution in [2.24, 2.45) is 0 Å². The zero-order valence-electron chi connectivity index (χ0n) is 15.8. The topological polar surface area (TPSA) is 86.4 Å². The van der Waals surface area contributed by atoms with Gasteiger partial charge in [0.2, 0.25) is 0 Å². The monoisotopic (exact) mass is 428 g/mol. The van der Waals surface area contributed by atoms with Gasteiger partial charge < -0.3 is 19.9 Å². The fourth-order valence-corrected chi connectivity index (χ4v) is 3.66. The highest BCUT2D eigenvalue weighted by molar-refractivity contribution is 5.76. The van der Waals surface area contributed by atoms with Crippen molar-refractivity contribution in [3.63, 3.8) is 0 Å². The smallest absolute Gasteiger partial charge is 0.406 e. The van der Waals surface area contributed by atoms with Crippen LogP contribution in [0.1, 0.15) is 23.7 Å². The standard InChI is InChI=1S/C18H20F4N6O2/c19-15-5-14(30-18(20,21)22)2-1-11(15)6-23-13-8-28(9-13)17(29)27-4-3-12(7-27)16-24-10-25-26-16/h1-2,5,10,12-13,23H,3-4,6-9H2,(H,24,25,26)/t12-/m0/s1. The number of halogens is 4. The van der Waals surface area contributed by atoms with Crippen molar-refractivity contribution in [3.8, 4) is 5.75 Å². The van der Waals surface area contributed by atoms with Crippen molar-refractivity contribution >= 4 is 6.03 Å². The van der Waals surface area contributed by atoms with Crippen LogP contribution in [0.5, 0.6) is 5.75 Å². The summed E-state index contributed by atoms with van der Waals surface area (Å²) in [6.07, 6.45) is -2.59. The van der Waals surface area contributed by atoms with E-state index in [1.54, 1.807) is 9.80 Å². The van der Waals surface area contributed by atoms with Crippen LogP contribution in [0, 0.1) is 5.82 Å². The van der Waals surface area contributed by atoms with Gasteiger partial charge >= 0.3 is 12.4 Å². The molecule has 0 radical (unpaired) electrons. The van der Waals surface area contributed by atoms with E-state index in [0.29, 0.717) is 32.2 Å². The molecule has 12 heteroatoms. The van der Waals surface area contributed by atoms with Gasteiger partial charge in [-0.3, -0.25) is 5.10 Å². The molecule has 1 aromatic carbocycles. The molecular weight excluding hydrogens is 408 g/mol. The van der Waals surface area contributed by atoms with Crippen LogP contribution in [0.4, 0.5) is 22.4 Å². The largest absolute Gasteiger partial charge is 0.573 e. The number of ether oxygens (including phenoxy) is 1. The van der Waals surface area contributed by atoms with E-state index in [2.05, 4.69) is 25.2 Å². The number of H-pyrrole nitrogens is 1. The van der Waals surface area contributed by atoms with Gasteiger partial charge in [0, 0.05) is 56.3 Å². The maximum absolute atomic E-state index is 14.0. The first-order valence-electron chi connectivity index (χ1n) is 9.45. The minimum Gasteiger partial charge on any atom is -0.406 e. The van der Waals surface area contributed by atoms with Crippen LogP contribution in [0.15, 0.2) is 24.5 Å². The summed E-state index contributed by atoms with van der Waals surface area (Å²) in [5.74, 6) is -0.452. The van der Waals surface area contributed by atoms with Crippen molar-refractivity contribution in [2.75, 3.05) is 26.2 Å². The molecule has 2 saturated heterocycles. The highest BCUT2D eigenvalue weighted by atomic mass is 19.4. The third-order valence-electron chi connectivity index (χ3n) is 5.27. The van der Waals surface area contributed by atoms with Crippen molar-refractivity contribution in [3.05, 3.63) is 41.7 Å². The van der Waals surface area contributed by atoms with Gasteiger partial charge in [-0.05, 0) is 12.5 Å². The SMILES string of the molecule is O=C(N1CC(NCc2ccc(OC(F)(F)F)cc2F)C1)N1CC[C@H](c2ncn[nH]2)C1. The fraction of sp³-hybridized carbons (Fsp3) is 0.500. The minimum absolute atomic E-state index is 0.00729. The Balaban J connectivity index is 1.21. The molecule has 2 aromatic rings. The molecule has 0 aliphatic carbocycles. The molecule has 2 N–H and O–H groups in total. The molecule has 1 atom stereocenters. The van der Waals surface area contributed by atoms with Crippen molar-refractivity contribution in [1.82, 2.24) is 30.3 Å². The Morgan fingerprint density at radius 2 is 2.07 bits per heavy atom. The molecule has 162 valence electrons. The molecule has 8 nitrogen and oxygen atoms in total. The molecule has 2 amide bonds. The lowest BCUT2D eigenvalue weighted by molar-refractivity contribution is -0.274. The first-order valence-corrected chi connectivity index (χ1v) is 9.45. The Morgan fingerprint density at radius 1 is 1.27 bits per heavy atom. The van der Waals surface area contributed by atoms with Gasteiger partial charge in [0.1, 0.15) is 23.7 Å². The quantitative estimate of drug-likeness (QED) is 0.714. The second kappa shape index (κ2) is 8.09. The van der Waals surface area contributed by atoms with E-state index in [1.807, 2.05) is 0 Å². The van der Waals surface area contributed by atoms with E-state index >= 15 is 0 Å². The maximum atomic E-state index is 14.0. The molecule has 0 spiro atoms. The van der Waals surface area contributed by atoms with Gasteiger partial charge in [0.25, 0.3) is 0 Å². The first kappa shape index (κ1) is 20.4. The molecule has 2 aliphatic heterocycles. The number of nitrogens with zero attached hydrogens (tertiary/aromatic N) is 4. The number of likely N-dealkylation sites (tertiary alicyclic amines) is 2. The zero-order chi connectivity index (χ0) is 21.3. The predicted molar refractivity (Wildman–Crippen MR) is 96.0 cm³/mol. The number of alkyl halides is 3. The lowest BCUT2D eigenvalue weighted by atomic mass is 10.1. The van der Waals surface area contributed by atoms with Crippen LogP contribution < -0.4 is 10.1 Å². The van der Waals surface area contributed by atoms with Crippen molar-refractivity contribution < 1.29 is 27.1 Å². The molecule has 0 unspecified atom stereocenters. The van der Waals surface area contributed by atoms with E-state index in [1.165, 1.54) is 12.4 Å². The number of nitrogens with one attached hydrogen (secondary N) is 2. The van der Waals surface area contributed by atoms with E-state index < -0.39 is 17.9 Å². The summed E-state index contributed by atoms with van der Waals surface area (Å²) >= 11 is 0. The summed E-state index contributed by atoms with van der Waals surface area (Å²) in [6, 6.07) is 2.97. The van der Waals surface area contributed by atoms with E-state index in [-0.39, 0.29) is 30.1 Å². The summed E-state index contributed by atoms with van der Waals surface area (Å²) in [6.45, 7) is 2.34. The lowest BCUT2D eigenvalue weighted by Gasteiger charge is -2.41. The third kappa shape index (κ3) is 4.64. The average Bonchev–Trinajstić information content (AvgIpc) is 3.31. The average molecular weight is 428 g/mol. The predicted octanol–water partition coefficient (Wildman–Crippen LogP) is 2.23. The van der Waals surface area contributed by atoms with Gasteiger partial charge in [0.05, 0.1) is 0 Å². The Bertz CT molecular complexity index is 885. The number of urea groups is 1. The van der Waals surface area contributed by atoms with Crippen LogP contribution in [0.3, 0.4) is 0 Å². The number of carbonyl (C=O) groups is 1. The van der Waals surface area contributed by atoms with Gasteiger partial charge in [-0.1, -0.05) is 6.07 Å². The molecule has 0 saturated carbocycles. The molecule has 30 heavy (non-hydrogen) atoms. The van der Waals surface area contributed by atoms with Crippen LogP contribution in [0.25, 0.3) is 0 Å². The van der Waals surface area contributed by atoms with E-state index in [9.17, 15) is 22.4 Å². The van der Waals surface area contributed by atoms with Gasteiger partial charge in [-0.25, -0.2) is 14.2 Å². The number of aromatic amines is 1. The zero-order valence-corrected chi connectivity index (χ0v) is 15.8. The molecule has 4 rings (SSSR count). The highest BCUT2D eigenvalue weighted by Crippen LogP contribution is 2.27. The van der Waals surface area contributed by atoms with Crippen LogP contribution in [-0.4, -0.2) is 69.6 Å². The number of amides is 2. The Labute approximate surface area is 169 Å². The second-order valence-corrected chi connectivity index (χ2v) is 7.37. The first-order chi connectivity index (χ1) is 14.3. The molecule has 1 aromatic heterocycles. The fourth-order valence-electron chi connectivity index (χ4n) is 3.66. The maximum Gasteiger partial charge on any atom is 0.573 e. The number of hydrogen-bond acceptors (Lipinski definition) is 5. The number of aromatic nitrogens is 3. The Morgan fingerprint density at radius 3 is 2.73 bits per heavy atom. The third-order valence-corrected chi connectivity index (χ3v) is 5.27. The number of benzene rings is 1. The second-order valence-electron chi connectivity index (χ2n) is 7.37.